The number of rotatable bonds is 2. The van der Waals surface area contributed by atoms with Crippen LogP contribution >= 0.6 is 0 Å². The van der Waals surface area contributed by atoms with Gasteiger partial charge >= 0.3 is 6.03 Å². The van der Waals surface area contributed by atoms with Crippen molar-refractivity contribution < 1.29 is 13.6 Å². The van der Waals surface area contributed by atoms with Crippen LogP contribution in [0.25, 0.3) is 11.3 Å². The first-order valence-corrected chi connectivity index (χ1v) is 10.4. The molecule has 0 radical (unpaired) electrons. The fourth-order valence-electron chi connectivity index (χ4n) is 6.29. The number of urea groups is 1. The predicted octanol–water partition coefficient (Wildman–Crippen LogP) is 2.93. The van der Waals surface area contributed by atoms with Crippen molar-refractivity contribution >= 4 is 6.03 Å². The van der Waals surface area contributed by atoms with Crippen LogP contribution in [-0.4, -0.2) is 46.8 Å². The van der Waals surface area contributed by atoms with Crippen LogP contribution in [-0.2, 0) is 5.41 Å². The zero-order valence-electron chi connectivity index (χ0n) is 17.1. The number of nitrogens with zero attached hydrogens (tertiary/aromatic N) is 3. The molecular weight excluding hydrogens is 388 g/mol. The van der Waals surface area contributed by atoms with Gasteiger partial charge < -0.3 is 16.0 Å². The summed E-state index contributed by atoms with van der Waals surface area (Å²) in [5.41, 5.74) is 7.07. The summed E-state index contributed by atoms with van der Waals surface area (Å²) in [4.78, 5) is 13.5. The molecule has 1 aliphatic heterocycles. The minimum atomic E-state index is -0.646. The van der Waals surface area contributed by atoms with E-state index in [-0.39, 0.29) is 34.0 Å². The molecule has 2 amide bonds. The lowest BCUT2D eigenvalue weighted by atomic mass is 9.63. The van der Waals surface area contributed by atoms with E-state index in [0.717, 1.165) is 24.1 Å². The molecule has 0 spiro atoms. The van der Waals surface area contributed by atoms with Crippen molar-refractivity contribution in [2.45, 2.75) is 44.1 Å². The van der Waals surface area contributed by atoms with Gasteiger partial charge in [0.05, 0.1) is 17.0 Å². The Hall–Kier alpha value is -2.61. The van der Waals surface area contributed by atoms with Crippen LogP contribution in [0.3, 0.4) is 0 Å². The van der Waals surface area contributed by atoms with E-state index >= 15 is 0 Å². The highest BCUT2D eigenvalue weighted by Crippen LogP contribution is 2.68. The van der Waals surface area contributed by atoms with Gasteiger partial charge in [-0.15, -0.1) is 0 Å². The van der Waals surface area contributed by atoms with Crippen LogP contribution in [0.5, 0.6) is 0 Å². The molecule has 2 fully saturated rings. The molecule has 30 heavy (non-hydrogen) atoms. The summed E-state index contributed by atoms with van der Waals surface area (Å²) in [5.74, 6) is -1.08. The van der Waals surface area contributed by atoms with Gasteiger partial charge in [0.25, 0.3) is 0 Å². The number of carbonyl (C=O) groups is 1. The molecule has 8 heteroatoms. The average Bonchev–Trinajstić information content (AvgIpc) is 3.09. The zero-order chi connectivity index (χ0) is 21.3. The van der Waals surface area contributed by atoms with Gasteiger partial charge in [0.15, 0.2) is 0 Å². The predicted molar refractivity (Wildman–Crippen MR) is 108 cm³/mol. The van der Waals surface area contributed by atoms with E-state index in [9.17, 15) is 13.6 Å². The van der Waals surface area contributed by atoms with Gasteiger partial charge in [-0.3, -0.25) is 0 Å². The third-order valence-electron chi connectivity index (χ3n) is 7.77. The number of nitrogens with one attached hydrogen (secondary N) is 1. The fraction of sp³-hybridized carbons (Fsp3) is 0.500. The molecule has 3 N–H and O–H groups in total. The molecule has 2 bridgehead atoms. The molecule has 1 saturated heterocycles. The summed E-state index contributed by atoms with van der Waals surface area (Å²) in [7, 11) is 0. The summed E-state index contributed by atoms with van der Waals surface area (Å²) in [6.45, 7) is 6.20. The Morgan fingerprint density at radius 2 is 2.00 bits per heavy atom. The normalized spacial score (nSPS) is 29.1. The van der Waals surface area contributed by atoms with Crippen LogP contribution in [0.4, 0.5) is 13.6 Å². The van der Waals surface area contributed by atoms with Crippen LogP contribution in [0.2, 0.25) is 0 Å². The smallest absolute Gasteiger partial charge is 0.314 e. The first kappa shape index (κ1) is 19.4. The number of benzene rings is 1. The molecule has 1 aromatic carbocycles. The lowest BCUT2D eigenvalue weighted by Crippen LogP contribution is -2.63. The molecule has 2 aliphatic carbocycles. The summed E-state index contributed by atoms with van der Waals surface area (Å²) in [6, 6.07) is 5.19. The number of amides is 2. The fourth-order valence-corrected chi connectivity index (χ4v) is 6.29. The number of carbonyl (C=O) groups excluding carboxylic acids is 1. The van der Waals surface area contributed by atoms with E-state index in [4.69, 9.17) is 5.73 Å². The van der Waals surface area contributed by atoms with Gasteiger partial charge in [0.1, 0.15) is 11.6 Å². The standard InChI is InChI=1S/C22H25F2N5O/c1-21(2)13-6-7-22(21,17-11-29(20(25)30)9-8-26-17)19-12(13)10-16(27-28-19)18-14(23)4-3-5-15(18)24/h3-5,10,13,17,26H,6-9,11H2,1-2H3,(H2,25,30)/t13-,17-,22-/m0/s1. The number of halogens is 2. The van der Waals surface area contributed by atoms with Crippen molar-refractivity contribution in [1.29, 1.82) is 0 Å². The van der Waals surface area contributed by atoms with Gasteiger partial charge in [-0.2, -0.15) is 10.2 Å². The van der Waals surface area contributed by atoms with E-state index in [1.165, 1.54) is 18.2 Å². The van der Waals surface area contributed by atoms with Gasteiger partial charge in [-0.1, -0.05) is 19.9 Å². The van der Waals surface area contributed by atoms with E-state index < -0.39 is 17.7 Å². The van der Waals surface area contributed by atoms with Gasteiger partial charge in [0.2, 0.25) is 0 Å². The summed E-state index contributed by atoms with van der Waals surface area (Å²) >= 11 is 0. The third-order valence-corrected chi connectivity index (χ3v) is 7.77. The Labute approximate surface area is 173 Å². The SMILES string of the molecule is CC1(C)[C@H]2CC[C@]1([C@@H]1CN(C(N)=O)CCN1)c1nnc(-c3c(F)cccc3F)cc12. The quantitative estimate of drug-likeness (QED) is 0.793. The van der Waals surface area contributed by atoms with E-state index in [2.05, 4.69) is 29.4 Å². The molecule has 5 rings (SSSR count). The Morgan fingerprint density at radius 1 is 1.27 bits per heavy atom. The Kier molecular flexibility index (Phi) is 4.16. The highest BCUT2D eigenvalue weighted by atomic mass is 19.1. The maximum absolute atomic E-state index is 14.3. The molecule has 0 unspecified atom stereocenters. The van der Waals surface area contributed by atoms with Gasteiger partial charge in [-0.25, -0.2) is 13.6 Å². The van der Waals surface area contributed by atoms with Gasteiger partial charge in [-0.05, 0) is 47.9 Å². The molecule has 6 nitrogen and oxygen atoms in total. The second-order valence-electron chi connectivity index (χ2n) is 9.21. The molecule has 3 atom stereocenters. The molecule has 158 valence electrons. The van der Waals surface area contributed by atoms with E-state index in [0.29, 0.717) is 19.6 Å². The van der Waals surface area contributed by atoms with Crippen molar-refractivity contribution in [3.63, 3.8) is 0 Å². The van der Waals surface area contributed by atoms with E-state index in [1.54, 1.807) is 4.90 Å². The minimum Gasteiger partial charge on any atom is -0.351 e. The van der Waals surface area contributed by atoms with Crippen molar-refractivity contribution in [3.05, 3.63) is 47.2 Å². The van der Waals surface area contributed by atoms with Crippen LogP contribution in [0, 0.1) is 17.0 Å². The van der Waals surface area contributed by atoms with Crippen LogP contribution in [0.15, 0.2) is 24.3 Å². The lowest BCUT2D eigenvalue weighted by Gasteiger charge is -2.48. The topological polar surface area (TPSA) is 84.1 Å². The monoisotopic (exact) mass is 413 g/mol. The molecular formula is C22H25F2N5O. The Balaban J connectivity index is 1.62. The molecule has 1 aromatic heterocycles. The number of nitrogens with two attached hydrogens (primary N) is 1. The third kappa shape index (κ3) is 2.40. The number of hydrogen-bond donors (Lipinski definition) is 2. The summed E-state index contributed by atoms with van der Waals surface area (Å²) in [5, 5.41) is 12.4. The number of primary amides is 1. The van der Waals surface area contributed by atoms with E-state index in [1.807, 2.05) is 6.07 Å². The maximum Gasteiger partial charge on any atom is 0.314 e. The number of hydrogen-bond acceptors (Lipinski definition) is 4. The maximum atomic E-state index is 14.3. The molecule has 2 aromatic rings. The highest BCUT2D eigenvalue weighted by Gasteiger charge is 2.66. The summed E-state index contributed by atoms with van der Waals surface area (Å²) < 4.78 is 28.7. The van der Waals surface area contributed by atoms with Crippen molar-refractivity contribution in [3.8, 4) is 11.3 Å². The van der Waals surface area contributed by atoms with Gasteiger partial charge in [0, 0.05) is 31.1 Å². The Bertz CT molecular complexity index is 1020. The van der Waals surface area contributed by atoms with Crippen LogP contribution in [0.1, 0.15) is 43.9 Å². The number of aromatic nitrogens is 2. The van der Waals surface area contributed by atoms with Crippen molar-refractivity contribution in [2.75, 3.05) is 19.6 Å². The lowest BCUT2D eigenvalue weighted by molar-refractivity contribution is 0.0998. The van der Waals surface area contributed by atoms with Crippen molar-refractivity contribution in [1.82, 2.24) is 20.4 Å². The zero-order valence-corrected chi connectivity index (χ0v) is 17.1. The average molecular weight is 413 g/mol. The second-order valence-corrected chi connectivity index (χ2v) is 9.21. The Morgan fingerprint density at radius 3 is 2.70 bits per heavy atom. The largest absolute Gasteiger partial charge is 0.351 e. The second kappa shape index (κ2) is 6.44. The molecule has 2 heterocycles. The number of piperazine rings is 1. The van der Waals surface area contributed by atoms with Crippen LogP contribution < -0.4 is 11.1 Å². The molecule has 3 aliphatic rings. The molecule has 1 saturated carbocycles. The first-order valence-electron chi connectivity index (χ1n) is 10.4. The first-order chi connectivity index (χ1) is 14.3. The highest BCUT2D eigenvalue weighted by molar-refractivity contribution is 5.72. The van der Waals surface area contributed by atoms with Crippen molar-refractivity contribution in [2.24, 2.45) is 11.1 Å². The minimum absolute atomic E-state index is 0.00894. The number of fused-ring (bicyclic) bond motifs is 5. The summed E-state index contributed by atoms with van der Waals surface area (Å²) in [6.07, 6.45) is 1.88.